The smallest absolute Gasteiger partial charge is 0.259 e. The van der Waals surface area contributed by atoms with Crippen molar-refractivity contribution < 1.29 is 9.90 Å². The Morgan fingerprint density at radius 2 is 1.70 bits per heavy atom. The zero-order valence-corrected chi connectivity index (χ0v) is 19.7. The SMILES string of the molecule is CC1(C)Cc2ccccc2C(/C(C(=O)N2CCCCC2)=C(\O)c2nnc3n2CCCCC3)=N1. The van der Waals surface area contributed by atoms with E-state index in [4.69, 9.17) is 4.99 Å². The van der Waals surface area contributed by atoms with E-state index in [1.165, 1.54) is 0 Å². The third-order valence-corrected chi connectivity index (χ3v) is 6.96. The molecule has 174 valence electrons. The maximum absolute atomic E-state index is 14.0. The van der Waals surface area contributed by atoms with Gasteiger partial charge in [-0.3, -0.25) is 9.79 Å². The van der Waals surface area contributed by atoms with Gasteiger partial charge in [0.05, 0.1) is 11.3 Å². The number of hydrogen-bond acceptors (Lipinski definition) is 5. The van der Waals surface area contributed by atoms with Gasteiger partial charge in [0.25, 0.3) is 5.91 Å². The van der Waals surface area contributed by atoms with Gasteiger partial charge in [0.2, 0.25) is 0 Å². The van der Waals surface area contributed by atoms with Crippen LogP contribution >= 0.6 is 0 Å². The number of aliphatic hydroxyl groups is 1. The normalized spacial score (nSPS) is 20.8. The van der Waals surface area contributed by atoms with Crippen LogP contribution in [0.15, 0.2) is 34.8 Å². The third-order valence-electron chi connectivity index (χ3n) is 6.96. The highest BCUT2D eigenvalue weighted by molar-refractivity contribution is 6.32. The summed E-state index contributed by atoms with van der Waals surface area (Å²) in [5.74, 6) is 1.00. The van der Waals surface area contributed by atoms with Crippen molar-refractivity contribution in [3.05, 3.63) is 52.6 Å². The highest BCUT2D eigenvalue weighted by Crippen LogP contribution is 2.33. The van der Waals surface area contributed by atoms with Gasteiger partial charge in [-0.05, 0) is 57.9 Å². The first-order valence-electron chi connectivity index (χ1n) is 12.3. The predicted molar refractivity (Wildman–Crippen MR) is 128 cm³/mol. The summed E-state index contributed by atoms with van der Waals surface area (Å²) >= 11 is 0. The van der Waals surface area contributed by atoms with Crippen molar-refractivity contribution in [2.24, 2.45) is 4.99 Å². The molecule has 3 aliphatic rings. The van der Waals surface area contributed by atoms with Crippen molar-refractivity contribution in [2.45, 2.75) is 77.3 Å². The molecule has 0 spiro atoms. The van der Waals surface area contributed by atoms with Crippen LogP contribution in [0.25, 0.3) is 5.76 Å². The molecule has 0 radical (unpaired) electrons. The van der Waals surface area contributed by atoms with Crippen molar-refractivity contribution in [1.82, 2.24) is 19.7 Å². The largest absolute Gasteiger partial charge is 0.504 e. The Morgan fingerprint density at radius 3 is 2.52 bits per heavy atom. The molecule has 3 aliphatic heterocycles. The lowest BCUT2D eigenvalue weighted by molar-refractivity contribution is -0.127. The first-order valence-corrected chi connectivity index (χ1v) is 12.3. The van der Waals surface area contributed by atoms with Crippen molar-refractivity contribution in [3.63, 3.8) is 0 Å². The number of benzene rings is 1. The van der Waals surface area contributed by atoms with E-state index in [9.17, 15) is 9.90 Å². The quantitative estimate of drug-likeness (QED) is 0.567. The molecule has 1 aromatic carbocycles. The first kappa shape index (κ1) is 21.9. The molecule has 2 aromatic rings. The van der Waals surface area contributed by atoms with Gasteiger partial charge in [-0.15, -0.1) is 10.2 Å². The van der Waals surface area contributed by atoms with E-state index in [1.54, 1.807) is 0 Å². The highest BCUT2D eigenvalue weighted by atomic mass is 16.3. The Morgan fingerprint density at radius 1 is 0.970 bits per heavy atom. The van der Waals surface area contributed by atoms with Gasteiger partial charge >= 0.3 is 0 Å². The third kappa shape index (κ3) is 4.21. The Hall–Kier alpha value is -2.96. The molecule has 1 fully saturated rings. The molecule has 4 heterocycles. The number of hydrogen-bond donors (Lipinski definition) is 1. The summed E-state index contributed by atoms with van der Waals surface area (Å²) in [5, 5.41) is 20.4. The zero-order chi connectivity index (χ0) is 23.0. The van der Waals surface area contributed by atoms with Gasteiger partial charge in [0.15, 0.2) is 11.6 Å². The average molecular weight is 448 g/mol. The summed E-state index contributed by atoms with van der Waals surface area (Å²) < 4.78 is 1.99. The second-order valence-electron chi connectivity index (χ2n) is 10.1. The Bertz CT molecular complexity index is 1120. The molecule has 1 N–H and O–H groups in total. The summed E-state index contributed by atoms with van der Waals surface area (Å²) in [4.78, 5) is 20.9. The second-order valence-corrected chi connectivity index (χ2v) is 10.1. The number of amides is 1. The summed E-state index contributed by atoms with van der Waals surface area (Å²) in [6.45, 7) is 6.30. The molecule has 0 aliphatic carbocycles. The van der Waals surface area contributed by atoms with Crippen molar-refractivity contribution in [3.8, 4) is 0 Å². The molecule has 5 rings (SSSR count). The summed E-state index contributed by atoms with van der Waals surface area (Å²) in [6, 6.07) is 8.08. The lowest BCUT2D eigenvalue weighted by Gasteiger charge is -2.32. The number of fused-ring (bicyclic) bond motifs is 2. The summed E-state index contributed by atoms with van der Waals surface area (Å²) in [7, 11) is 0. The predicted octanol–water partition coefficient (Wildman–Crippen LogP) is 4.11. The molecule has 7 nitrogen and oxygen atoms in total. The van der Waals surface area contributed by atoms with Crippen LogP contribution < -0.4 is 0 Å². The van der Waals surface area contributed by atoms with E-state index in [2.05, 4.69) is 30.1 Å². The minimum atomic E-state index is -0.376. The van der Waals surface area contributed by atoms with Crippen LogP contribution in [0, 0.1) is 0 Å². The molecular formula is C26H33N5O2. The molecule has 1 aromatic heterocycles. The molecule has 33 heavy (non-hydrogen) atoms. The van der Waals surface area contributed by atoms with E-state index in [-0.39, 0.29) is 22.8 Å². The molecule has 1 amide bonds. The number of aromatic nitrogens is 3. The minimum absolute atomic E-state index is 0.0996. The van der Waals surface area contributed by atoms with Crippen LogP contribution in [0.4, 0.5) is 0 Å². The topological polar surface area (TPSA) is 83.6 Å². The molecule has 7 heteroatoms. The molecule has 0 unspecified atom stereocenters. The van der Waals surface area contributed by atoms with Gasteiger partial charge in [0, 0.05) is 31.6 Å². The Kier molecular flexibility index (Phi) is 5.81. The number of aliphatic hydroxyl groups excluding tert-OH is 1. The van der Waals surface area contributed by atoms with Crippen molar-refractivity contribution in [2.75, 3.05) is 13.1 Å². The molecule has 0 atom stereocenters. The van der Waals surface area contributed by atoms with E-state index in [0.29, 0.717) is 24.6 Å². The fourth-order valence-corrected chi connectivity index (χ4v) is 5.31. The molecule has 1 saturated heterocycles. The molecule has 0 saturated carbocycles. The number of piperidine rings is 1. The number of rotatable bonds is 3. The second kappa shape index (κ2) is 8.76. The van der Waals surface area contributed by atoms with E-state index in [1.807, 2.05) is 27.7 Å². The van der Waals surface area contributed by atoms with E-state index in [0.717, 1.165) is 74.9 Å². The van der Waals surface area contributed by atoms with Crippen molar-refractivity contribution >= 4 is 17.4 Å². The van der Waals surface area contributed by atoms with Gasteiger partial charge in [-0.1, -0.05) is 30.7 Å². The van der Waals surface area contributed by atoms with Crippen LogP contribution in [0.3, 0.4) is 0 Å². The first-order chi connectivity index (χ1) is 15.9. The zero-order valence-electron chi connectivity index (χ0n) is 19.7. The molecular weight excluding hydrogens is 414 g/mol. The Balaban J connectivity index is 1.70. The van der Waals surface area contributed by atoms with Crippen LogP contribution in [-0.4, -0.2) is 55.0 Å². The Labute approximate surface area is 195 Å². The fourth-order valence-electron chi connectivity index (χ4n) is 5.31. The maximum atomic E-state index is 14.0. The standard InChI is InChI=1S/C26H33N5O2/c1-26(2)17-18-11-6-7-12-19(18)22(27-26)21(25(33)30-14-8-4-9-15-30)23(32)24-29-28-20-13-5-3-10-16-31(20)24/h6-7,11-12,32H,3-5,8-10,13-17H2,1-2H3/b23-21+. The number of carbonyl (C=O) groups is 1. The lowest BCUT2D eigenvalue weighted by Crippen LogP contribution is -2.40. The van der Waals surface area contributed by atoms with Crippen LogP contribution in [0.1, 0.15) is 75.1 Å². The number of aliphatic imine (C=N–C) groups is 1. The number of nitrogens with zero attached hydrogens (tertiary/aromatic N) is 5. The van der Waals surface area contributed by atoms with Crippen LogP contribution in [0.2, 0.25) is 0 Å². The van der Waals surface area contributed by atoms with Crippen molar-refractivity contribution in [1.29, 1.82) is 0 Å². The van der Waals surface area contributed by atoms with Gasteiger partial charge in [-0.2, -0.15) is 0 Å². The minimum Gasteiger partial charge on any atom is -0.504 e. The fraction of sp³-hybridized carbons (Fsp3) is 0.538. The van der Waals surface area contributed by atoms with Gasteiger partial charge < -0.3 is 14.6 Å². The number of carbonyl (C=O) groups excluding carboxylic acids is 1. The monoisotopic (exact) mass is 447 g/mol. The van der Waals surface area contributed by atoms with Crippen LogP contribution in [-0.2, 0) is 24.2 Å². The lowest BCUT2D eigenvalue weighted by atomic mass is 9.84. The van der Waals surface area contributed by atoms with E-state index >= 15 is 0 Å². The average Bonchev–Trinajstić information content (AvgIpc) is 3.07. The maximum Gasteiger partial charge on any atom is 0.259 e. The number of likely N-dealkylation sites (tertiary alicyclic amines) is 1. The van der Waals surface area contributed by atoms with Crippen LogP contribution in [0.5, 0.6) is 0 Å². The van der Waals surface area contributed by atoms with E-state index < -0.39 is 0 Å². The molecule has 0 bridgehead atoms. The van der Waals surface area contributed by atoms with Gasteiger partial charge in [-0.25, -0.2) is 0 Å². The summed E-state index contributed by atoms with van der Waals surface area (Å²) in [5.41, 5.74) is 2.51. The highest BCUT2D eigenvalue weighted by Gasteiger charge is 2.36. The number of aryl methyl sites for hydroxylation is 1. The summed E-state index contributed by atoms with van der Waals surface area (Å²) in [6.07, 6.45) is 7.92. The van der Waals surface area contributed by atoms with Gasteiger partial charge in [0.1, 0.15) is 11.4 Å².